The Kier molecular flexibility index (Phi) is 5.51. The third-order valence-electron chi connectivity index (χ3n) is 5.35. The molecule has 3 heterocycles. The molecule has 1 amide bonds. The first-order valence-corrected chi connectivity index (χ1v) is 11.0. The number of aromatic nitrogens is 5. The zero-order valence-electron chi connectivity index (χ0n) is 19.1. The Labute approximate surface area is 196 Å². The molecule has 0 radical (unpaired) electrons. The number of nitrogens with one attached hydrogen (secondary N) is 3. The summed E-state index contributed by atoms with van der Waals surface area (Å²) >= 11 is 0. The third kappa shape index (κ3) is 4.23. The summed E-state index contributed by atoms with van der Waals surface area (Å²) in [6, 6.07) is 17.6. The van der Waals surface area contributed by atoms with Gasteiger partial charge in [0.1, 0.15) is 5.82 Å². The molecule has 0 unspecified atom stereocenters. The van der Waals surface area contributed by atoms with E-state index in [1.54, 1.807) is 12.5 Å². The fourth-order valence-electron chi connectivity index (χ4n) is 3.74. The van der Waals surface area contributed by atoms with E-state index in [9.17, 15) is 4.79 Å². The molecule has 0 aliphatic carbocycles. The van der Waals surface area contributed by atoms with Crippen LogP contribution in [-0.4, -0.2) is 30.4 Å². The standard InChI is InChI=1S/C25H24N8O/c1-15(2)33-14-27-21-23(29-19-10-8-18(9-11-19)28-16(3)34)31-25(32-24(21)33)30-22-20-7-5-4-6-17(20)12-13-26-22/h4-15H,1-3H3,(H,28,34)(H2,26,29,30,31,32). The number of pyridine rings is 1. The van der Waals surface area contributed by atoms with Crippen molar-refractivity contribution in [1.29, 1.82) is 0 Å². The van der Waals surface area contributed by atoms with Crippen molar-refractivity contribution in [3.63, 3.8) is 0 Å². The van der Waals surface area contributed by atoms with E-state index in [1.807, 2.05) is 59.2 Å². The second-order valence-electron chi connectivity index (χ2n) is 8.20. The second-order valence-corrected chi connectivity index (χ2v) is 8.20. The lowest BCUT2D eigenvalue weighted by Crippen LogP contribution is -2.07. The highest BCUT2D eigenvalue weighted by atomic mass is 16.1. The van der Waals surface area contributed by atoms with Crippen molar-refractivity contribution in [3.05, 3.63) is 67.1 Å². The summed E-state index contributed by atoms with van der Waals surface area (Å²) in [6.07, 6.45) is 3.53. The van der Waals surface area contributed by atoms with Gasteiger partial charge in [-0.2, -0.15) is 9.97 Å². The zero-order chi connectivity index (χ0) is 23.7. The molecular formula is C25H24N8O. The number of benzene rings is 2. The summed E-state index contributed by atoms with van der Waals surface area (Å²) in [4.78, 5) is 29.8. The highest BCUT2D eigenvalue weighted by Crippen LogP contribution is 2.29. The molecule has 0 atom stereocenters. The fraction of sp³-hybridized carbons (Fsp3) is 0.160. The van der Waals surface area contributed by atoms with Gasteiger partial charge in [-0.1, -0.05) is 24.3 Å². The lowest BCUT2D eigenvalue weighted by molar-refractivity contribution is -0.114. The molecule has 3 aromatic heterocycles. The first-order valence-electron chi connectivity index (χ1n) is 11.0. The van der Waals surface area contributed by atoms with Crippen LogP contribution >= 0.6 is 0 Å². The highest BCUT2D eigenvalue weighted by molar-refractivity contribution is 5.94. The molecule has 0 fully saturated rings. The van der Waals surface area contributed by atoms with Gasteiger partial charge in [-0.3, -0.25) is 4.79 Å². The van der Waals surface area contributed by atoms with E-state index in [4.69, 9.17) is 9.97 Å². The van der Waals surface area contributed by atoms with Gasteiger partial charge in [0.2, 0.25) is 11.9 Å². The van der Waals surface area contributed by atoms with Gasteiger partial charge in [-0.25, -0.2) is 9.97 Å². The van der Waals surface area contributed by atoms with E-state index < -0.39 is 0 Å². The van der Waals surface area contributed by atoms with Gasteiger partial charge in [-0.15, -0.1) is 0 Å². The van der Waals surface area contributed by atoms with E-state index in [-0.39, 0.29) is 11.9 Å². The summed E-state index contributed by atoms with van der Waals surface area (Å²) in [5.41, 5.74) is 2.91. The number of fused-ring (bicyclic) bond motifs is 2. The van der Waals surface area contributed by atoms with E-state index >= 15 is 0 Å². The Morgan fingerprint density at radius 2 is 1.65 bits per heavy atom. The lowest BCUT2D eigenvalue weighted by Gasteiger charge is -2.13. The number of anilines is 5. The Balaban J connectivity index is 1.55. The first-order chi connectivity index (χ1) is 16.5. The van der Waals surface area contributed by atoms with Gasteiger partial charge in [0, 0.05) is 35.9 Å². The predicted octanol–water partition coefficient (Wildman–Crippen LogP) is 5.40. The van der Waals surface area contributed by atoms with Crippen LogP contribution in [0.3, 0.4) is 0 Å². The number of amides is 1. The molecule has 0 aliphatic heterocycles. The van der Waals surface area contributed by atoms with Gasteiger partial charge in [0.25, 0.3) is 0 Å². The molecule has 2 aromatic carbocycles. The topological polar surface area (TPSA) is 110 Å². The van der Waals surface area contributed by atoms with Crippen LogP contribution < -0.4 is 16.0 Å². The molecule has 0 spiro atoms. The largest absolute Gasteiger partial charge is 0.338 e. The fourth-order valence-corrected chi connectivity index (χ4v) is 3.74. The minimum Gasteiger partial charge on any atom is -0.338 e. The monoisotopic (exact) mass is 452 g/mol. The van der Waals surface area contributed by atoms with E-state index in [0.717, 1.165) is 22.1 Å². The first kappa shape index (κ1) is 21.3. The van der Waals surface area contributed by atoms with Crippen LogP contribution in [0.4, 0.5) is 29.0 Å². The van der Waals surface area contributed by atoms with Crippen molar-refractivity contribution < 1.29 is 4.79 Å². The molecule has 0 saturated heterocycles. The van der Waals surface area contributed by atoms with E-state index in [2.05, 4.69) is 39.8 Å². The molecule has 9 heteroatoms. The maximum Gasteiger partial charge on any atom is 0.232 e. The van der Waals surface area contributed by atoms with Crippen LogP contribution in [0, 0.1) is 0 Å². The highest BCUT2D eigenvalue weighted by Gasteiger charge is 2.16. The number of carbonyl (C=O) groups excluding carboxylic acids is 1. The third-order valence-corrected chi connectivity index (χ3v) is 5.35. The van der Waals surface area contributed by atoms with Crippen molar-refractivity contribution in [3.8, 4) is 0 Å². The van der Waals surface area contributed by atoms with E-state index in [0.29, 0.717) is 28.7 Å². The summed E-state index contributed by atoms with van der Waals surface area (Å²) < 4.78 is 2.00. The Morgan fingerprint density at radius 3 is 2.41 bits per heavy atom. The van der Waals surface area contributed by atoms with Crippen LogP contribution in [-0.2, 0) is 4.79 Å². The number of imidazole rings is 1. The predicted molar refractivity (Wildman–Crippen MR) is 135 cm³/mol. The SMILES string of the molecule is CC(=O)Nc1ccc(Nc2nc(Nc3nccc4ccccc34)nc3c2ncn3C(C)C)cc1. The maximum atomic E-state index is 11.3. The number of hydrogen-bond acceptors (Lipinski definition) is 7. The van der Waals surface area contributed by atoms with Gasteiger partial charge in [0.05, 0.1) is 6.33 Å². The smallest absolute Gasteiger partial charge is 0.232 e. The summed E-state index contributed by atoms with van der Waals surface area (Å²) in [6.45, 7) is 5.64. The molecule has 3 N–H and O–H groups in total. The van der Waals surface area contributed by atoms with Crippen LogP contribution in [0.25, 0.3) is 21.9 Å². The molecule has 9 nitrogen and oxygen atoms in total. The number of rotatable bonds is 6. The summed E-state index contributed by atoms with van der Waals surface area (Å²) in [5.74, 6) is 1.55. The molecule has 34 heavy (non-hydrogen) atoms. The minimum absolute atomic E-state index is 0.116. The normalized spacial score (nSPS) is 11.2. The average molecular weight is 453 g/mol. The molecule has 0 saturated carbocycles. The summed E-state index contributed by atoms with van der Waals surface area (Å²) in [7, 11) is 0. The van der Waals surface area contributed by atoms with Crippen LogP contribution in [0.1, 0.15) is 26.8 Å². The van der Waals surface area contributed by atoms with Gasteiger partial charge in [-0.05, 0) is 49.6 Å². The van der Waals surface area contributed by atoms with Crippen LogP contribution in [0.5, 0.6) is 0 Å². The lowest BCUT2D eigenvalue weighted by atomic mass is 10.1. The Bertz CT molecular complexity index is 1490. The maximum absolute atomic E-state index is 11.3. The van der Waals surface area contributed by atoms with Crippen LogP contribution in [0.2, 0.25) is 0 Å². The molecule has 5 aromatic rings. The minimum atomic E-state index is -0.116. The van der Waals surface area contributed by atoms with Crippen molar-refractivity contribution in [2.24, 2.45) is 0 Å². The van der Waals surface area contributed by atoms with E-state index in [1.165, 1.54) is 6.92 Å². The van der Waals surface area contributed by atoms with Crippen LogP contribution in [0.15, 0.2) is 67.1 Å². The average Bonchev–Trinajstić information content (AvgIpc) is 3.25. The number of hydrogen-bond donors (Lipinski definition) is 3. The van der Waals surface area contributed by atoms with Gasteiger partial charge < -0.3 is 20.5 Å². The summed E-state index contributed by atoms with van der Waals surface area (Å²) in [5, 5.41) is 11.5. The van der Waals surface area contributed by atoms with Crippen molar-refractivity contribution >= 4 is 56.8 Å². The van der Waals surface area contributed by atoms with Crippen molar-refractivity contribution in [2.75, 3.05) is 16.0 Å². The quantitative estimate of drug-likeness (QED) is 0.316. The zero-order valence-corrected chi connectivity index (χ0v) is 19.1. The molecule has 0 bridgehead atoms. The van der Waals surface area contributed by atoms with Crippen molar-refractivity contribution in [2.45, 2.75) is 26.8 Å². The van der Waals surface area contributed by atoms with Gasteiger partial charge >= 0.3 is 0 Å². The molecule has 170 valence electrons. The molecule has 5 rings (SSSR count). The van der Waals surface area contributed by atoms with Gasteiger partial charge in [0.15, 0.2) is 17.0 Å². The Hall–Kier alpha value is -4.53. The number of carbonyl (C=O) groups is 1. The molecule has 0 aliphatic rings. The number of nitrogens with zero attached hydrogens (tertiary/aromatic N) is 5. The van der Waals surface area contributed by atoms with Crippen molar-refractivity contribution in [1.82, 2.24) is 24.5 Å². The Morgan fingerprint density at radius 1 is 0.882 bits per heavy atom. The molecular weight excluding hydrogens is 428 g/mol. The second kappa shape index (κ2) is 8.78.